The number of nitrogens with zero attached hydrogens (tertiary/aromatic N) is 6. The molecule has 0 unspecified atom stereocenters. The lowest BCUT2D eigenvalue weighted by atomic mass is 10.0. The number of aryl methyl sites for hydroxylation is 5. The van der Waals surface area contributed by atoms with E-state index in [0.717, 1.165) is 35.1 Å². The first-order valence-corrected chi connectivity index (χ1v) is 26.6. The molecule has 0 bridgehead atoms. The summed E-state index contributed by atoms with van der Waals surface area (Å²) in [5.41, 5.74) is 26.2. The third-order valence-corrected chi connectivity index (χ3v) is 13.5. The summed E-state index contributed by atoms with van der Waals surface area (Å²) in [4.78, 5) is 62.6. The van der Waals surface area contributed by atoms with E-state index in [1.807, 2.05) is 40.1 Å². The van der Waals surface area contributed by atoms with Crippen molar-refractivity contribution in [2.45, 2.75) is 104 Å². The highest BCUT2D eigenvalue weighted by Gasteiger charge is 2.39. The highest BCUT2D eigenvalue weighted by atomic mass is 79.9. The first-order chi connectivity index (χ1) is 36.5. The molecule has 410 valence electrons. The van der Waals surface area contributed by atoms with Gasteiger partial charge in [-0.3, -0.25) is 14.3 Å². The largest absolute Gasteiger partial charge is 0.478 e. The van der Waals surface area contributed by atoms with Gasteiger partial charge in [0.05, 0.1) is 61.4 Å². The molecule has 10 N–H and O–H groups in total. The van der Waals surface area contributed by atoms with Crippen LogP contribution in [0.4, 0.5) is 22.2 Å². The van der Waals surface area contributed by atoms with E-state index in [-0.39, 0.29) is 59.1 Å². The van der Waals surface area contributed by atoms with Crippen LogP contribution in [-0.4, -0.2) is 115 Å². The maximum Gasteiger partial charge on any atom is 0.410 e. The number of benzene rings is 2. The number of halogens is 2. The second-order valence-corrected chi connectivity index (χ2v) is 21.5. The van der Waals surface area contributed by atoms with Crippen molar-refractivity contribution >= 4 is 73.2 Å². The van der Waals surface area contributed by atoms with Gasteiger partial charge in [-0.1, -0.05) is 50.2 Å². The summed E-state index contributed by atoms with van der Waals surface area (Å²) in [5.74, 6) is -1.35. The van der Waals surface area contributed by atoms with Gasteiger partial charge in [0.2, 0.25) is 0 Å². The number of nitrogen functional groups attached to an aromatic ring is 3. The Morgan fingerprint density at radius 2 is 1.22 bits per heavy atom. The Morgan fingerprint density at radius 3 is 1.74 bits per heavy atom. The number of nitrogens with two attached hydrogens (primary N) is 3. The number of carboxylic acid groups (broad SMARTS) is 1. The number of nitrogens with one attached hydrogen (secondary N) is 3. The number of aromatic nitrogens is 5. The summed E-state index contributed by atoms with van der Waals surface area (Å²) in [7, 11) is 1.84. The number of hydrogen-bond acceptors (Lipinski definition) is 15. The Bertz CT molecular complexity index is 3060. The fourth-order valence-electron chi connectivity index (χ4n) is 8.46. The van der Waals surface area contributed by atoms with E-state index in [1.54, 1.807) is 34.1 Å². The van der Waals surface area contributed by atoms with Crippen LogP contribution in [0, 0.1) is 13.8 Å². The van der Waals surface area contributed by atoms with Crippen LogP contribution in [0.25, 0.3) is 11.1 Å². The van der Waals surface area contributed by atoms with Crippen molar-refractivity contribution in [2.75, 3.05) is 43.4 Å². The summed E-state index contributed by atoms with van der Waals surface area (Å²) >= 11 is 6.40. The molecule has 2 saturated heterocycles. The highest BCUT2D eigenvalue weighted by molar-refractivity contribution is 9.10. The number of ether oxygens (including phenoxy) is 3. The Hall–Kier alpha value is -6.98. The molecule has 0 spiro atoms. The SMILES string of the molecule is CCc1cc(CO[C@H]2CN(C(=O)OC(C)(C)C)C[C@@H]2NC(=O)c2cc(Br)cnc2N)ccc1C.CCc1cc(CO[C@H]2CNC[C@@H]2NC(=O)c2cc(-c3cnn(C)c3)cnc2N)ccc1C.Nc1ncc(Br)cc1C(=O)O. The number of hydrogen-bond donors (Lipinski definition) is 7. The van der Waals surface area contributed by atoms with E-state index in [4.69, 9.17) is 36.5 Å². The van der Waals surface area contributed by atoms with Crippen LogP contribution in [0.3, 0.4) is 0 Å². The zero-order valence-electron chi connectivity index (χ0n) is 44.5. The second kappa shape index (κ2) is 26.9. The van der Waals surface area contributed by atoms with E-state index in [0.29, 0.717) is 47.4 Å². The maximum absolute atomic E-state index is 13.0. The summed E-state index contributed by atoms with van der Waals surface area (Å²) in [6, 6.07) is 16.9. The van der Waals surface area contributed by atoms with Gasteiger partial charge in [0.25, 0.3) is 11.8 Å². The number of carbonyl (C=O) groups is 4. The standard InChI is InChI=1S/C25H33BrN4O4.C24H30N6O2.C6H5BrN2O2/c1-6-17-9-16(8-7-15(17)2)14-33-21-13-30(24(32)34-25(3,4)5)12-20(21)29-23(31)19-10-18(26)11-28-22(19)27;1-4-17-7-16(6-5-15(17)2)14-32-22-12-26-11-21(22)29-24(31)20-8-18(9-27-23(20)25)19-10-28-30(3)13-19;7-3-1-4(6(10)11)5(8)9-2-3/h7-11,20-21H,6,12-14H2,1-5H3,(H2,27,28)(H,29,31);5-10,13,21-22,26H,4,11-12,14H2,1-3H3,(H2,25,27)(H,29,31);1-2H,(H2,8,9)(H,10,11)/t20-,21-;21-,22-;/m00./s1. The number of amides is 3. The zero-order valence-corrected chi connectivity index (χ0v) is 47.7. The number of carboxylic acids is 1. The van der Waals surface area contributed by atoms with Gasteiger partial charge < -0.3 is 57.4 Å². The first kappa shape index (κ1) is 59.3. The highest BCUT2D eigenvalue weighted by Crippen LogP contribution is 2.25. The number of pyridine rings is 3. The fourth-order valence-corrected chi connectivity index (χ4v) is 9.12. The molecular formula is C55H68Br2N12O8. The van der Waals surface area contributed by atoms with Crippen LogP contribution >= 0.6 is 31.9 Å². The van der Waals surface area contributed by atoms with Crippen molar-refractivity contribution in [2.24, 2.45) is 7.05 Å². The molecule has 6 heterocycles. The average Bonchev–Trinajstić information content (AvgIpc) is 4.15. The summed E-state index contributed by atoms with van der Waals surface area (Å²) in [5, 5.41) is 22.1. The van der Waals surface area contributed by atoms with Crippen LogP contribution in [0.1, 0.15) is 99.1 Å². The van der Waals surface area contributed by atoms with Gasteiger partial charge in [0.15, 0.2) is 0 Å². The molecule has 0 saturated carbocycles. The van der Waals surface area contributed by atoms with Crippen LogP contribution in [-0.2, 0) is 47.3 Å². The van der Waals surface area contributed by atoms with Crippen molar-refractivity contribution < 1.29 is 38.5 Å². The summed E-state index contributed by atoms with van der Waals surface area (Å²) in [6.07, 6.45) is 9.19. The normalized spacial score (nSPS) is 16.9. The van der Waals surface area contributed by atoms with Gasteiger partial charge in [-0.15, -0.1) is 0 Å². The number of rotatable bonds is 14. The molecule has 8 rings (SSSR count). The minimum absolute atomic E-state index is 0.0133. The Labute approximate surface area is 465 Å². The first-order valence-electron chi connectivity index (χ1n) is 25.0. The molecule has 22 heteroatoms. The maximum atomic E-state index is 13.0. The minimum Gasteiger partial charge on any atom is -0.478 e. The molecular weight excluding hydrogens is 1120 g/mol. The van der Waals surface area contributed by atoms with Gasteiger partial charge in [-0.05, 0) is 131 Å². The van der Waals surface area contributed by atoms with Gasteiger partial charge >= 0.3 is 12.1 Å². The van der Waals surface area contributed by atoms with Crippen molar-refractivity contribution in [1.82, 2.24) is 45.6 Å². The molecule has 20 nitrogen and oxygen atoms in total. The molecule has 0 aliphatic carbocycles. The lowest BCUT2D eigenvalue weighted by molar-refractivity contribution is 0.0158. The number of anilines is 3. The van der Waals surface area contributed by atoms with E-state index in [9.17, 15) is 19.2 Å². The topological polar surface area (TPSA) is 290 Å². The molecule has 0 radical (unpaired) electrons. The van der Waals surface area contributed by atoms with E-state index in [1.165, 1.54) is 40.7 Å². The number of aromatic carboxylic acids is 1. The van der Waals surface area contributed by atoms with Crippen molar-refractivity contribution in [3.8, 4) is 11.1 Å². The van der Waals surface area contributed by atoms with Crippen molar-refractivity contribution in [1.29, 1.82) is 0 Å². The van der Waals surface area contributed by atoms with Gasteiger partial charge in [-0.25, -0.2) is 24.5 Å². The van der Waals surface area contributed by atoms with Gasteiger partial charge in [0, 0.05) is 71.5 Å². The molecule has 6 aromatic rings. The van der Waals surface area contributed by atoms with Crippen LogP contribution in [0.15, 0.2) is 94.5 Å². The number of carbonyl (C=O) groups excluding carboxylic acids is 3. The smallest absolute Gasteiger partial charge is 0.410 e. The van der Waals surface area contributed by atoms with Crippen LogP contribution in [0.5, 0.6) is 0 Å². The van der Waals surface area contributed by atoms with E-state index in [2.05, 4.69) is 126 Å². The third-order valence-electron chi connectivity index (χ3n) is 12.7. The Kier molecular flexibility index (Phi) is 20.7. The fraction of sp³-hybridized carbons (Fsp3) is 0.382. The molecule has 4 aromatic heterocycles. The van der Waals surface area contributed by atoms with Crippen molar-refractivity contribution in [3.05, 3.63) is 145 Å². The van der Waals surface area contributed by atoms with E-state index >= 15 is 0 Å². The van der Waals surface area contributed by atoms with Crippen LogP contribution < -0.4 is 33.2 Å². The predicted molar refractivity (Wildman–Crippen MR) is 302 cm³/mol. The lowest BCUT2D eigenvalue weighted by Gasteiger charge is -2.24. The molecule has 77 heavy (non-hydrogen) atoms. The monoisotopic (exact) mass is 1180 g/mol. The van der Waals surface area contributed by atoms with Crippen molar-refractivity contribution in [3.63, 3.8) is 0 Å². The second-order valence-electron chi connectivity index (χ2n) is 19.7. The zero-order chi connectivity index (χ0) is 56.1. The molecule has 2 aliphatic rings. The Morgan fingerprint density at radius 1 is 0.701 bits per heavy atom. The minimum atomic E-state index is -1.07. The third kappa shape index (κ3) is 16.8. The van der Waals surface area contributed by atoms with Crippen LogP contribution in [0.2, 0.25) is 0 Å². The van der Waals surface area contributed by atoms with Gasteiger partial charge in [-0.2, -0.15) is 5.10 Å². The quantitative estimate of drug-likeness (QED) is 0.0553. The molecule has 2 aromatic carbocycles. The average molecular weight is 1190 g/mol. The predicted octanol–water partition coefficient (Wildman–Crippen LogP) is 7.58. The summed E-state index contributed by atoms with van der Waals surface area (Å²) in [6.45, 7) is 16.7. The van der Waals surface area contributed by atoms with Gasteiger partial charge in [0.1, 0.15) is 28.6 Å². The Balaban J connectivity index is 0.000000209. The molecule has 2 aliphatic heterocycles. The summed E-state index contributed by atoms with van der Waals surface area (Å²) < 4.78 is 20.9. The molecule has 3 amide bonds. The lowest BCUT2D eigenvalue weighted by Crippen LogP contribution is -2.44. The van der Waals surface area contributed by atoms with E-state index < -0.39 is 29.8 Å². The molecule has 4 atom stereocenters. The number of likely N-dealkylation sites (tertiary alicyclic amines) is 1. The molecule has 2 fully saturated rings.